The van der Waals surface area contributed by atoms with Crippen LogP contribution in [0.3, 0.4) is 0 Å². The summed E-state index contributed by atoms with van der Waals surface area (Å²) < 4.78 is 31.9. The van der Waals surface area contributed by atoms with E-state index in [-0.39, 0.29) is 17.1 Å². The minimum absolute atomic E-state index is 0.191. The first kappa shape index (κ1) is 18.5. The number of anilines is 2. The van der Waals surface area contributed by atoms with E-state index in [0.717, 1.165) is 9.69 Å². The van der Waals surface area contributed by atoms with Gasteiger partial charge in [0.1, 0.15) is 11.5 Å². The summed E-state index contributed by atoms with van der Waals surface area (Å²) >= 11 is 1.17. The molecular formula is C19H16N2O5S2. The zero-order valence-corrected chi connectivity index (χ0v) is 16.5. The van der Waals surface area contributed by atoms with Gasteiger partial charge < -0.3 is 10.1 Å². The maximum absolute atomic E-state index is 12.9. The number of rotatable bonds is 5. The summed E-state index contributed by atoms with van der Waals surface area (Å²) in [6, 6.07) is 11.9. The minimum atomic E-state index is -3.82. The second-order valence-electron chi connectivity index (χ2n) is 6.08. The molecule has 0 unspecified atom stereocenters. The average molecular weight is 416 g/mol. The third kappa shape index (κ3) is 2.92. The highest BCUT2D eigenvalue weighted by Crippen LogP contribution is 2.41. The van der Waals surface area contributed by atoms with Crippen LogP contribution in [0.25, 0.3) is 10.8 Å². The Bertz CT molecular complexity index is 1190. The normalized spacial score (nSPS) is 14.2. The van der Waals surface area contributed by atoms with Crippen LogP contribution >= 0.6 is 11.3 Å². The first-order valence-corrected chi connectivity index (χ1v) is 10.8. The second-order valence-corrected chi connectivity index (χ2v) is 8.82. The highest BCUT2D eigenvalue weighted by molar-refractivity contribution is 7.93. The van der Waals surface area contributed by atoms with E-state index in [2.05, 4.69) is 5.32 Å². The van der Waals surface area contributed by atoms with Crippen molar-refractivity contribution < 1.29 is 22.7 Å². The van der Waals surface area contributed by atoms with E-state index in [0.29, 0.717) is 16.1 Å². The van der Waals surface area contributed by atoms with Crippen molar-refractivity contribution >= 4 is 54.7 Å². The summed E-state index contributed by atoms with van der Waals surface area (Å²) in [5.41, 5.74) is 0.718. The average Bonchev–Trinajstić information content (AvgIpc) is 3.20. The lowest BCUT2D eigenvalue weighted by atomic mass is 10.1. The Labute approximate surface area is 165 Å². The Morgan fingerprint density at radius 2 is 1.89 bits per heavy atom. The van der Waals surface area contributed by atoms with Crippen LogP contribution in [-0.2, 0) is 19.6 Å². The molecule has 0 spiro atoms. The molecule has 3 aromatic rings. The molecule has 2 aromatic carbocycles. The van der Waals surface area contributed by atoms with E-state index in [9.17, 15) is 18.0 Å². The summed E-state index contributed by atoms with van der Waals surface area (Å²) in [6.45, 7) is 1.52. The van der Waals surface area contributed by atoms with Crippen LogP contribution < -0.4 is 9.62 Å². The molecule has 1 N–H and O–H groups in total. The monoisotopic (exact) mass is 416 g/mol. The van der Waals surface area contributed by atoms with Crippen LogP contribution in [0.5, 0.6) is 0 Å². The number of nitrogens with zero attached hydrogens (tertiary/aromatic N) is 1. The van der Waals surface area contributed by atoms with Crippen LogP contribution in [-0.4, -0.2) is 33.4 Å². The molecule has 0 saturated carbocycles. The third-order valence-corrected chi connectivity index (χ3v) is 7.01. The minimum Gasteiger partial charge on any atom is -0.462 e. The van der Waals surface area contributed by atoms with Crippen molar-refractivity contribution in [3.05, 3.63) is 53.4 Å². The zero-order chi connectivity index (χ0) is 19.9. The summed E-state index contributed by atoms with van der Waals surface area (Å²) in [5, 5.41) is 6.02. The molecule has 144 valence electrons. The van der Waals surface area contributed by atoms with Gasteiger partial charge in [-0.2, -0.15) is 0 Å². The van der Waals surface area contributed by atoms with E-state index < -0.39 is 28.4 Å². The Morgan fingerprint density at radius 3 is 2.64 bits per heavy atom. The molecule has 0 aliphatic carbocycles. The number of thiophene rings is 1. The van der Waals surface area contributed by atoms with Crippen LogP contribution in [0.2, 0.25) is 0 Å². The predicted molar refractivity (Wildman–Crippen MR) is 107 cm³/mol. The molecule has 0 bridgehead atoms. The number of carbonyl (C=O) groups excluding carboxylic acids is 2. The standard InChI is InChI=1S/C19H16N2O5S2/c1-2-26-19(23)13-9-10-27-18(13)20-16(22)11-21-14-7-3-5-12-6-4-8-15(17(12)14)28(21,24)25/h3-10H,2,11H2,1H3,(H,20,22). The van der Waals surface area contributed by atoms with E-state index >= 15 is 0 Å². The highest BCUT2D eigenvalue weighted by atomic mass is 32.2. The highest BCUT2D eigenvalue weighted by Gasteiger charge is 2.36. The fourth-order valence-electron chi connectivity index (χ4n) is 3.20. The van der Waals surface area contributed by atoms with Gasteiger partial charge in [0.2, 0.25) is 5.91 Å². The van der Waals surface area contributed by atoms with Crippen molar-refractivity contribution in [1.82, 2.24) is 0 Å². The molecule has 7 nitrogen and oxygen atoms in total. The molecule has 0 atom stereocenters. The smallest absolute Gasteiger partial charge is 0.341 e. The van der Waals surface area contributed by atoms with Gasteiger partial charge in [0, 0.05) is 5.39 Å². The number of ether oxygens (including phenoxy) is 1. The molecule has 1 aliphatic rings. The fraction of sp³-hybridized carbons (Fsp3) is 0.158. The van der Waals surface area contributed by atoms with Crippen molar-refractivity contribution in [3.63, 3.8) is 0 Å². The molecule has 1 aromatic heterocycles. The summed E-state index contributed by atoms with van der Waals surface area (Å²) in [4.78, 5) is 24.7. The van der Waals surface area contributed by atoms with Gasteiger partial charge >= 0.3 is 5.97 Å². The van der Waals surface area contributed by atoms with Gasteiger partial charge in [0.05, 0.1) is 22.8 Å². The second kappa shape index (κ2) is 6.92. The van der Waals surface area contributed by atoms with Crippen molar-refractivity contribution in [2.45, 2.75) is 11.8 Å². The first-order chi connectivity index (χ1) is 13.4. The first-order valence-electron chi connectivity index (χ1n) is 8.52. The van der Waals surface area contributed by atoms with E-state index in [1.54, 1.807) is 36.6 Å². The molecule has 1 aliphatic heterocycles. The number of hydrogen-bond acceptors (Lipinski definition) is 6. The lowest BCUT2D eigenvalue weighted by molar-refractivity contribution is -0.114. The third-order valence-electron chi connectivity index (χ3n) is 4.38. The SMILES string of the molecule is CCOC(=O)c1ccsc1NC(=O)CN1c2cccc3cccc(c23)S1(=O)=O. The number of carbonyl (C=O) groups is 2. The maximum atomic E-state index is 12.9. The van der Waals surface area contributed by atoms with E-state index in [1.807, 2.05) is 12.1 Å². The maximum Gasteiger partial charge on any atom is 0.341 e. The summed E-state index contributed by atoms with van der Waals surface area (Å²) in [6.07, 6.45) is 0. The summed E-state index contributed by atoms with van der Waals surface area (Å²) in [5.74, 6) is -1.08. The molecule has 9 heteroatoms. The molecule has 4 rings (SSSR count). The molecular weight excluding hydrogens is 400 g/mol. The lowest BCUT2D eigenvalue weighted by Crippen LogP contribution is -2.35. The van der Waals surface area contributed by atoms with Crippen LogP contribution in [0.15, 0.2) is 52.7 Å². The molecule has 1 amide bonds. The predicted octanol–water partition coefficient (Wildman–Crippen LogP) is 3.23. The van der Waals surface area contributed by atoms with Gasteiger partial charge in [-0.1, -0.05) is 24.3 Å². The number of benzene rings is 2. The van der Waals surface area contributed by atoms with E-state index in [1.165, 1.54) is 17.4 Å². The number of esters is 1. The van der Waals surface area contributed by atoms with Crippen molar-refractivity contribution in [2.24, 2.45) is 0 Å². The number of hydrogen-bond donors (Lipinski definition) is 1. The largest absolute Gasteiger partial charge is 0.462 e. The van der Waals surface area contributed by atoms with Crippen LogP contribution in [0.1, 0.15) is 17.3 Å². The summed E-state index contributed by atoms with van der Waals surface area (Å²) in [7, 11) is -3.82. The van der Waals surface area contributed by atoms with Crippen molar-refractivity contribution in [1.29, 1.82) is 0 Å². The van der Waals surface area contributed by atoms with Crippen molar-refractivity contribution in [3.8, 4) is 0 Å². The quantitative estimate of drug-likeness (QED) is 0.645. The van der Waals surface area contributed by atoms with Gasteiger partial charge in [-0.25, -0.2) is 13.2 Å². The Morgan fingerprint density at radius 1 is 1.14 bits per heavy atom. The number of sulfonamides is 1. The van der Waals surface area contributed by atoms with Gasteiger partial charge in [0.15, 0.2) is 0 Å². The molecule has 2 heterocycles. The van der Waals surface area contributed by atoms with Crippen molar-refractivity contribution in [2.75, 3.05) is 22.8 Å². The fourth-order valence-corrected chi connectivity index (χ4v) is 5.66. The number of nitrogens with one attached hydrogen (secondary N) is 1. The van der Waals surface area contributed by atoms with Gasteiger partial charge in [-0.05, 0) is 35.9 Å². The van der Waals surface area contributed by atoms with E-state index in [4.69, 9.17) is 4.74 Å². The molecule has 0 fully saturated rings. The molecule has 28 heavy (non-hydrogen) atoms. The number of amides is 1. The zero-order valence-electron chi connectivity index (χ0n) is 14.8. The Balaban J connectivity index is 1.61. The lowest BCUT2D eigenvalue weighted by Gasteiger charge is -2.18. The van der Waals surface area contributed by atoms with Gasteiger partial charge in [0.25, 0.3) is 10.0 Å². The van der Waals surface area contributed by atoms with Crippen LogP contribution in [0, 0.1) is 0 Å². The van der Waals surface area contributed by atoms with Gasteiger partial charge in [-0.15, -0.1) is 11.3 Å². The topological polar surface area (TPSA) is 92.8 Å². The Hall–Kier alpha value is -2.91. The molecule has 0 saturated heterocycles. The van der Waals surface area contributed by atoms with Gasteiger partial charge in [-0.3, -0.25) is 9.10 Å². The van der Waals surface area contributed by atoms with Crippen LogP contribution in [0.4, 0.5) is 10.7 Å². The Kier molecular flexibility index (Phi) is 4.56. The molecule has 0 radical (unpaired) electrons.